The van der Waals surface area contributed by atoms with Crippen molar-refractivity contribution in [2.75, 3.05) is 19.0 Å². The smallest absolute Gasteiger partial charge is 0.134 e. The zero-order valence-corrected chi connectivity index (χ0v) is 12.0. The molecule has 2 aromatic rings. The highest BCUT2D eigenvalue weighted by Gasteiger charge is 2.19. The summed E-state index contributed by atoms with van der Waals surface area (Å²) in [5.41, 5.74) is 0. The Morgan fingerprint density at radius 3 is 3.05 bits per heavy atom. The number of fused-ring (bicyclic) bond motifs is 1. The molecule has 0 saturated carbocycles. The largest absolute Gasteiger partial charge is 0.497 e. The summed E-state index contributed by atoms with van der Waals surface area (Å²) in [7, 11) is 1.69. The van der Waals surface area contributed by atoms with E-state index in [1.165, 1.54) is 0 Å². The SMILES string of the molecule is COc1ccc2c(NC3CCNC(C)C3)nccc2c1. The maximum absolute atomic E-state index is 5.28. The molecule has 0 radical (unpaired) electrons. The number of ether oxygens (including phenoxy) is 1. The average Bonchev–Trinajstić information content (AvgIpc) is 2.47. The summed E-state index contributed by atoms with van der Waals surface area (Å²) in [5, 5.41) is 9.38. The lowest BCUT2D eigenvalue weighted by Gasteiger charge is -2.29. The number of anilines is 1. The van der Waals surface area contributed by atoms with E-state index in [0.29, 0.717) is 12.1 Å². The molecule has 0 spiro atoms. The maximum atomic E-state index is 5.28. The van der Waals surface area contributed by atoms with Gasteiger partial charge in [0.2, 0.25) is 0 Å². The zero-order valence-electron chi connectivity index (χ0n) is 12.0. The second-order valence-electron chi connectivity index (χ2n) is 5.47. The first kappa shape index (κ1) is 13.2. The molecule has 2 heterocycles. The number of aromatic nitrogens is 1. The molecule has 0 bridgehead atoms. The predicted molar refractivity (Wildman–Crippen MR) is 82.4 cm³/mol. The van der Waals surface area contributed by atoms with E-state index >= 15 is 0 Å². The summed E-state index contributed by atoms with van der Waals surface area (Å²) in [6.07, 6.45) is 4.13. The molecule has 2 N–H and O–H groups in total. The van der Waals surface area contributed by atoms with Crippen molar-refractivity contribution in [3.63, 3.8) is 0 Å². The third kappa shape index (κ3) is 2.70. The molecule has 20 heavy (non-hydrogen) atoms. The molecule has 1 aromatic carbocycles. The van der Waals surface area contributed by atoms with E-state index in [2.05, 4.69) is 28.6 Å². The molecule has 1 aliphatic heterocycles. The van der Waals surface area contributed by atoms with E-state index in [0.717, 1.165) is 41.7 Å². The Morgan fingerprint density at radius 1 is 1.35 bits per heavy atom. The molecular weight excluding hydrogens is 250 g/mol. The van der Waals surface area contributed by atoms with Crippen LogP contribution in [0.3, 0.4) is 0 Å². The predicted octanol–water partition coefficient (Wildman–Crippen LogP) is 2.80. The molecule has 1 fully saturated rings. The van der Waals surface area contributed by atoms with E-state index in [9.17, 15) is 0 Å². The van der Waals surface area contributed by atoms with Crippen LogP contribution in [-0.4, -0.2) is 30.7 Å². The summed E-state index contributed by atoms with van der Waals surface area (Å²) in [6, 6.07) is 9.19. The van der Waals surface area contributed by atoms with Crippen molar-refractivity contribution < 1.29 is 4.74 Å². The fraction of sp³-hybridized carbons (Fsp3) is 0.438. The number of piperidine rings is 1. The lowest BCUT2D eigenvalue weighted by Crippen LogP contribution is -2.41. The van der Waals surface area contributed by atoms with Gasteiger partial charge in [-0.2, -0.15) is 0 Å². The molecule has 106 valence electrons. The Balaban J connectivity index is 1.87. The van der Waals surface area contributed by atoms with Gasteiger partial charge < -0.3 is 15.4 Å². The van der Waals surface area contributed by atoms with Crippen LogP contribution in [0, 0.1) is 0 Å². The van der Waals surface area contributed by atoms with Crippen molar-refractivity contribution in [2.45, 2.75) is 31.8 Å². The first-order valence-electron chi connectivity index (χ1n) is 7.19. The number of methoxy groups -OCH3 is 1. The van der Waals surface area contributed by atoms with Crippen molar-refractivity contribution in [1.82, 2.24) is 10.3 Å². The van der Waals surface area contributed by atoms with E-state index in [1.807, 2.05) is 24.4 Å². The van der Waals surface area contributed by atoms with Crippen LogP contribution in [0.2, 0.25) is 0 Å². The minimum absolute atomic E-state index is 0.492. The molecule has 2 atom stereocenters. The van der Waals surface area contributed by atoms with Gasteiger partial charge in [-0.15, -0.1) is 0 Å². The maximum Gasteiger partial charge on any atom is 0.134 e. The van der Waals surface area contributed by atoms with Gasteiger partial charge in [-0.1, -0.05) is 0 Å². The molecule has 0 amide bonds. The molecule has 1 saturated heterocycles. The van der Waals surface area contributed by atoms with Crippen LogP contribution in [0.5, 0.6) is 5.75 Å². The van der Waals surface area contributed by atoms with Crippen LogP contribution in [0.1, 0.15) is 19.8 Å². The highest BCUT2D eigenvalue weighted by Crippen LogP contribution is 2.26. The van der Waals surface area contributed by atoms with Gasteiger partial charge in [0.05, 0.1) is 7.11 Å². The van der Waals surface area contributed by atoms with Crippen LogP contribution < -0.4 is 15.4 Å². The number of nitrogens with zero attached hydrogens (tertiary/aromatic N) is 1. The molecule has 4 nitrogen and oxygen atoms in total. The van der Waals surface area contributed by atoms with Crippen LogP contribution in [-0.2, 0) is 0 Å². The summed E-state index contributed by atoms with van der Waals surface area (Å²) in [6.45, 7) is 3.30. The van der Waals surface area contributed by atoms with Gasteiger partial charge in [0.15, 0.2) is 0 Å². The van der Waals surface area contributed by atoms with Gasteiger partial charge >= 0.3 is 0 Å². The van der Waals surface area contributed by atoms with Crippen LogP contribution >= 0.6 is 0 Å². The zero-order chi connectivity index (χ0) is 13.9. The summed E-state index contributed by atoms with van der Waals surface area (Å²) in [5.74, 6) is 1.86. The molecule has 1 aliphatic rings. The van der Waals surface area contributed by atoms with Crippen molar-refractivity contribution in [1.29, 1.82) is 0 Å². The van der Waals surface area contributed by atoms with Gasteiger partial charge in [-0.25, -0.2) is 4.98 Å². The molecule has 3 rings (SSSR count). The number of hydrogen-bond donors (Lipinski definition) is 2. The van der Waals surface area contributed by atoms with E-state index in [1.54, 1.807) is 7.11 Å². The van der Waals surface area contributed by atoms with Gasteiger partial charge in [0.25, 0.3) is 0 Å². The summed E-state index contributed by atoms with van der Waals surface area (Å²) in [4.78, 5) is 4.51. The fourth-order valence-electron chi connectivity index (χ4n) is 2.85. The van der Waals surface area contributed by atoms with Gasteiger partial charge in [-0.05, 0) is 56.0 Å². The quantitative estimate of drug-likeness (QED) is 0.901. The molecule has 2 unspecified atom stereocenters. The number of rotatable bonds is 3. The number of benzene rings is 1. The minimum Gasteiger partial charge on any atom is -0.497 e. The fourth-order valence-corrected chi connectivity index (χ4v) is 2.85. The molecule has 4 heteroatoms. The van der Waals surface area contributed by atoms with Crippen LogP contribution in [0.25, 0.3) is 10.8 Å². The number of hydrogen-bond acceptors (Lipinski definition) is 4. The standard InChI is InChI=1S/C16H21N3O/c1-11-9-13(6-8-17-11)19-16-15-4-3-14(20-2)10-12(15)5-7-18-16/h3-5,7,10-11,13,17H,6,8-9H2,1-2H3,(H,18,19). The highest BCUT2D eigenvalue weighted by atomic mass is 16.5. The van der Waals surface area contributed by atoms with Gasteiger partial charge in [-0.3, -0.25) is 0 Å². The van der Waals surface area contributed by atoms with Crippen molar-refractivity contribution in [3.05, 3.63) is 30.5 Å². The highest BCUT2D eigenvalue weighted by molar-refractivity contribution is 5.92. The average molecular weight is 271 g/mol. The Bertz CT molecular complexity index is 599. The van der Waals surface area contributed by atoms with Crippen LogP contribution in [0.15, 0.2) is 30.5 Å². The molecule has 1 aromatic heterocycles. The number of pyridine rings is 1. The first-order chi connectivity index (χ1) is 9.76. The van der Waals surface area contributed by atoms with E-state index in [-0.39, 0.29) is 0 Å². The van der Waals surface area contributed by atoms with E-state index < -0.39 is 0 Å². The first-order valence-corrected chi connectivity index (χ1v) is 7.19. The Hall–Kier alpha value is -1.81. The Morgan fingerprint density at radius 2 is 2.25 bits per heavy atom. The Labute approximate surface area is 119 Å². The third-order valence-corrected chi connectivity index (χ3v) is 3.94. The van der Waals surface area contributed by atoms with Crippen molar-refractivity contribution in [3.8, 4) is 5.75 Å². The van der Waals surface area contributed by atoms with E-state index in [4.69, 9.17) is 4.74 Å². The van der Waals surface area contributed by atoms with Crippen molar-refractivity contribution >= 4 is 16.6 Å². The minimum atomic E-state index is 0.492. The lowest BCUT2D eigenvalue weighted by molar-refractivity contribution is 0.396. The Kier molecular flexibility index (Phi) is 3.74. The second kappa shape index (κ2) is 5.67. The molecule has 0 aliphatic carbocycles. The topological polar surface area (TPSA) is 46.2 Å². The summed E-state index contributed by atoms with van der Waals surface area (Å²) < 4.78 is 5.28. The third-order valence-electron chi connectivity index (χ3n) is 3.94. The normalized spacial score (nSPS) is 22.7. The van der Waals surface area contributed by atoms with Gasteiger partial charge in [0, 0.05) is 23.7 Å². The lowest BCUT2D eigenvalue weighted by atomic mass is 10.0. The molecular formula is C16H21N3O. The summed E-state index contributed by atoms with van der Waals surface area (Å²) >= 11 is 0. The van der Waals surface area contributed by atoms with Gasteiger partial charge in [0.1, 0.15) is 11.6 Å². The number of nitrogens with one attached hydrogen (secondary N) is 2. The monoisotopic (exact) mass is 271 g/mol. The van der Waals surface area contributed by atoms with Crippen molar-refractivity contribution in [2.24, 2.45) is 0 Å². The second-order valence-corrected chi connectivity index (χ2v) is 5.47. The van der Waals surface area contributed by atoms with Crippen LogP contribution in [0.4, 0.5) is 5.82 Å².